The van der Waals surface area contributed by atoms with Crippen LogP contribution in [0.5, 0.6) is 0 Å². The quantitative estimate of drug-likeness (QED) is 0.329. The summed E-state index contributed by atoms with van der Waals surface area (Å²) in [5.74, 6) is -0.145. The number of nitrogens with one attached hydrogen (secondary N) is 1. The van der Waals surface area contributed by atoms with E-state index in [2.05, 4.69) is 27.9 Å². The molecule has 3 aliphatic heterocycles. The molecule has 1 aromatic carbocycles. The normalized spacial score (nSPS) is 19.1. The molecule has 0 spiro atoms. The van der Waals surface area contributed by atoms with Crippen molar-refractivity contribution in [2.75, 3.05) is 45.5 Å². The highest BCUT2D eigenvalue weighted by Crippen LogP contribution is 2.40. The summed E-state index contributed by atoms with van der Waals surface area (Å²) in [5, 5.41) is 7.38. The Morgan fingerprint density at radius 3 is 2.61 bits per heavy atom. The number of piperidine rings is 1. The second-order valence-corrected chi connectivity index (χ2v) is 12.5. The Balaban J connectivity index is 1.29. The van der Waals surface area contributed by atoms with Gasteiger partial charge in [0.2, 0.25) is 11.8 Å². The van der Waals surface area contributed by atoms with Crippen LogP contribution in [0.1, 0.15) is 48.9 Å². The summed E-state index contributed by atoms with van der Waals surface area (Å²) < 4.78 is 45.2. The SMILES string of the molecule is CNC(=O)CSc1cc(-c2nn(CCCN3CCC(N4CCCC4=O)CC3)c3c2CN(S)CC3)ccc1C(F)(F)F. The van der Waals surface area contributed by atoms with Crippen molar-refractivity contribution in [2.24, 2.45) is 0 Å². The zero-order valence-corrected chi connectivity index (χ0v) is 25.0. The fourth-order valence-corrected chi connectivity index (χ4v) is 7.31. The van der Waals surface area contributed by atoms with E-state index in [4.69, 9.17) is 5.10 Å². The molecule has 4 heterocycles. The number of thiol groups is 1. The lowest BCUT2D eigenvalue weighted by Crippen LogP contribution is -2.45. The standard InChI is InChI=1S/C28H37F3N6O2S2/c1-32-25(38)18-41-24-16-19(5-6-22(24)28(29,30)31)27-21-17-35(40)15-9-23(21)37(33-27)12-3-10-34-13-7-20(8-14-34)36-11-2-4-26(36)39/h5-6,16,20,40H,2-4,7-15,17-18H2,1H3,(H,32,38). The number of carbonyl (C=O) groups is 2. The minimum Gasteiger partial charge on any atom is -0.358 e. The number of fused-ring (bicyclic) bond motifs is 1. The van der Waals surface area contributed by atoms with Crippen molar-refractivity contribution in [3.05, 3.63) is 35.0 Å². The number of hydrogen-bond acceptors (Lipinski definition) is 7. The first-order chi connectivity index (χ1) is 19.6. The predicted octanol–water partition coefficient (Wildman–Crippen LogP) is 4.09. The molecule has 2 fully saturated rings. The number of alkyl halides is 3. The maximum absolute atomic E-state index is 13.8. The van der Waals surface area contributed by atoms with Crippen LogP contribution >= 0.6 is 24.6 Å². The molecule has 8 nitrogen and oxygen atoms in total. The third-order valence-corrected chi connectivity index (χ3v) is 9.66. The van der Waals surface area contributed by atoms with Gasteiger partial charge >= 0.3 is 6.18 Å². The minimum atomic E-state index is -4.53. The van der Waals surface area contributed by atoms with Gasteiger partial charge in [-0.15, -0.1) is 11.8 Å². The zero-order chi connectivity index (χ0) is 29.1. The van der Waals surface area contributed by atoms with Crippen LogP contribution in [0.4, 0.5) is 13.2 Å². The lowest BCUT2D eigenvalue weighted by molar-refractivity contribution is -0.139. The number of hydrogen-bond donors (Lipinski definition) is 2. The Labute approximate surface area is 248 Å². The number of rotatable bonds is 9. The molecule has 13 heteroatoms. The highest BCUT2D eigenvalue weighted by molar-refractivity contribution is 8.00. The molecule has 2 amide bonds. The topological polar surface area (TPSA) is 73.7 Å². The molecule has 3 aliphatic rings. The van der Waals surface area contributed by atoms with E-state index in [1.807, 2.05) is 8.99 Å². The molecular formula is C28H37F3N6O2S2. The van der Waals surface area contributed by atoms with E-state index in [1.165, 1.54) is 19.2 Å². The monoisotopic (exact) mass is 610 g/mol. The van der Waals surface area contributed by atoms with Crippen molar-refractivity contribution in [3.8, 4) is 11.3 Å². The molecule has 5 rings (SSSR count). The summed E-state index contributed by atoms with van der Waals surface area (Å²) in [7, 11) is 1.46. The van der Waals surface area contributed by atoms with Gasteiger partial charge in [-0.3, -0.25) is 14.3 Å². The summed E-state index contributed by atoms with van der Waals surface area (Å²) in [6.45, 7) is 5.83. The first-order valence-corrected chi connectivity index (χ1v) is 15.6. The second kappa shape index (κ2) is 13.0. The van der Waals surface area contributed by atoms with E-state index in [9.17, 15) is 22.8 Å². The van der Waals surface area contributed by atoms with Crippen LogP contribution in [0.3, 0.4) is 0 Å². The third kappa shape index (κ3) is 7.06. The average Bonchev–Trinajstić information content (AvgIpc) is 3.54. The van der Waals surface area contributed by atoms with Crippen molar-refractivity contribution in [1.29, 1.82) is 0 Å². The van der Waals surface area contributed by atoms with Gasteiger partial charge in [0.1, 0.15) is 0 Å². The maximum Gasteiger partial charge on any atom is 0.417 e. The van der Waals surface area contributed by atoms with E-state index in [0.29, 0.717) is 36.2 Å². The Bertz CT molecular complexity index is 1260. The van der Waals surface area contributed by atoms with Crippen LogP contribution in [0.15, 0.2) is 23.1 Å². The second-order valence-electron chi connectivity index (χ2n) is 10.9. The summed E-state index contributed by atoms with van der Waals surface area (Å²) in [4.78, 5) is 28.4. The predicted molar refractivity (Wildman–Crippen MR) is 156 cm³/mol. The number of halogens is 3. The van der Waals surface area contributed by atoms with Gasteiger partial charge in [0.25, 0.3) is 0 Å². The summed E-state index contributed by atoms with van der Waals surface area (Å²) in [6.07, 6.45) is 0.833. The summed E-state index contributed by atoms with van der Waals surface area (Å²) >= 11 is 5.43. The van der Waals surface area contributed by atoms with Crippen LogP contribution in [0.2, 0.25) is 0 Å². The number of likely N-dealkylation sites (tertiary alicyclic amines) is 2. The Morgan fingerprint density at radius 1 is 1.15 bits per heavy atom. The van der Waals surface area contributed by atoms with E-state index in [-0.39, 0.29) is 16.6 Å². The van der Waals surface area contributed by atoms with E-state index >= 15 is 0 Å². The third-order valence-electron chi connectivity index (χ3n) is 8.26. The van der Waals surface area contributed by atoms with Gasteiger partial charge in [0, 0.05) is 86.9 Å². The van der Waals surface area contributed by atoms with E-state index in [1.54, 1.807) is 0 Å². The fraction of sp³-hybridized carbons (Fsp3) is 0.607. The first-order valence-electron chi connectivity index (χ1n) is 14.2. The number of nitrogens with zero attached hydrogens (tertiary/aromatic N) is 5. The van der Waals surface area contributed by atoms with Gasteiger partial charge in [-0.1, -0.05) is 18.9 Å². The van der Waals surface area contributed by atoms with Crippen LogP contribution in [-0.4, -0.2) is 87.3 Å². The Morgan fingerprint density at radius 2 is 1.93 bits per heavy atom. The van der Waals surface area contributed by atoms with Gasteiger partial charge in [-0.05, 0) is 44.4 Å². The molecule has 2 saturated heterocycles. The highest BCUT2D eigenvalue weighted by atomic mass is 32.2. The Kier molecular flexibility index (Phi) is 9.57. The van der Waals surface area contributed by atoms with Gasteiger partial charge in [0.05, 0.1) is 17.0 Å². The molecule has 224 valence electrons. The summed E-state index contributed by atoms with van der Waals surface area (Å²) in [6, 6.07) is 4.45. The van der Waals surface area contributed by atoms with Gasteiger partial charge in [0.15, 0.2) is 0 Å². The molecule has 2 aromatic rings. The molecular weight excluding hydrogens is 573 g/mol. The summed E-state index contributed by atoms with van der Waals surface area (Å²) in [5.41, 5.74) is 2.62. The number of carbonyl (C=O) groups excluding carboxylic acids is 2. The minimum absolute atomic E-state index is 0.0134. The fourth-order valence-electron chi connectivity index (χ4n) is 6.09. The number of amides is 2. The van der Waals surface area contributed by atoms with Gasteiger partial charge < -0.3 is 15.1 Å². The molecule has 0 radical (unpaired) electrons. The molecule has 0 bridgehead atoms. The van der Waals surface area contributed by atoms with Gasteiger partial charge in [-0.25, -0.2) is 4.31 Å². The smallest absolute Gasteiger partial charge is 0.358 e. The molecule has 1 N–H and O–H groups in total. The van der Waals surface area contributed by atoms with Crippen LogP contribution in [0, 0.1) is 0 Å². The number of aromatic nitrogens is 2. The van der Waals surface area contributed by atoms with Crippen LogP contribution < -0.4 is 5.32 Å². The molecule has 1 aromatic heterocycles. The molecule has 41 heavy (non-hydrogen) atoms. The van der Waals surface area contributed by atoms with Crippen molar-refractivity contribution in [1.82, 2.24) is 29.2 Å². The number of aryl methyl sites for hydroxylation is 1. The first kappa shape index (κ1) is 30.2. The van der Waals surface area contributed by atoms with E-state index < -0.39 is 11.7 Å². The maximum atomic E-state index is 13.8. The number of benzene rings is 1. The highest BCUT2D eigenvalue weighted by Gasteiger charge is 2.35. The van der Waals surface area contributed by atoms with Crippen molar-refractivity contribution in [2.45, 2.75) is 68.7 Å². The largest absolute Gasteiger partial charge is 0.417 e. The van der Waals surface area contributed by atoms with Crippen LogP contribution in [-0.2, 0) is 35.3 Å². The van der Waals surface area contributed by atoms with E-state index in [0.717, 1.165) is 100 Å². The van der Waals surface area contributed by atoms with Crippen LogP contribution in [0.25, 0.3) is 11.3 Å². The zero-order valence-electron chi connectivity index (χ0n) is 23.3. The molecule has 0 aliphatic carbocycles. The lowest BCUT2D eigenvalue weighted by Gasteiger charge is -2.36. The average molecular weight is 611 g/mol. The lowest BCUT2D eigenvalue weighted by atomic mass is 10.0. The molecule has 0 saturated carbocycles. The van der Waals surface area contributed by atoms with Crippen molar-refractivity contribution < 1.29 is 22.8 Å². The van der Waals surface area contributed by atoms with Crippen molar-refractivity contribution in [3.63, 3.8) is 0 Å². The van der Waals surface area contributed by atoms with Crippen molar-refractivity contribution >= 4 is 36.4 Å². The Hall–Kier alpha value is -2.22. The molecule has 0 atom stereocenters. The van der Waals surface area contributed by atoms with Gasteiger partial charge in [-0.2, -0.15) is 18.3 Å². The number of thioether (sulfide) groups is 1. The molecule has 0 unspecified atom stereocenters.